The van der Waals surface area contributed by atoms with Crippen LogP contribution in [-0.2, 0) is 14.8 Å². The van der Waals surface area contributed by atoms with Gasteiger partial charge in [-0.2, -0.15) is 0 Å². The number of carbonyl (C=O) groups excluding carboxylic acids is 1. The number of benzene rings is 1. The van der Waals surface area contributed by atoms with Crippen LogP contribution in [0.2, 0.25) is 5.02 Å². The number of methoxy groups -OCH3 is 2. The molecule has 1 N–H and O–H groups in total. The van der Waals surface area contributed by atoms with E-state index in [0.717, 1.165) is 0 Å². The minimum absolute atomic E-state index is 0.0425. The fraction of sp³-hybridized carbons (Fsp3) is 0.471. The van der Waals surface area contributed by atoms with Crippen molar-refractivity contribution >= 4 is 33.6 Å². The van der Waals surface area contributed by atoms with Crippen LogP contribution in [0.5, 0.6) is 11.5 Å². The fourth-order valence-corrected chi connectivity index (χ4v) is 3.96. The second kappa shape index (κ2) is 8.75. The number of hydrogen-bond donors (Lipinski definition) is 1. The number of halogens is 1. The number of piperidine rings is 1. The zero-order chi connectivity index (χ0) is 19.3. The first-order valence-corrected chi connectivity index (χ1v) is 10.3. The van der Waals surface area contributed by atoms with Crippen molar-refractivity contribution in [2.24, 2.45) is 0 Å². The highest BCUT2D eigenvalue weighted by atomic mass is 35.5. The highest BCUT2D eigenvalue weighted by molar-refractivity contribution is 7.88. The van der Waals surface area contributed by atoms with Crippen LogP contribution in [-0.4, -0.2) is 58.2 Å². The van der Waals surface area contributed by atoms with Crippen LogP contribution in [0.15, 0.2) is 18.2 Å². The second-order valence-corrected chi connectivity index (χ2v) is 8.41. The summed E-state index contributed by atoms with van der Waals surface area (Å²) in [5.74, 6) is 0.676. The number of ether oxygens (including phenoxy) is 2. The predicted octanol–water partition coefficient (Wildman–Crippen LogP) is 1.91. The lowest BCUT2D eigenvalue weighted by Gasteiger charge is -2.30. The molecule has 1 amide bonds. The van der Waals surface area contributed by atoms with E-state index in [4.69, 9.17) is 21.1 Å². The van der Waals surface area contributed by atoms with Crippen molar-refractivity contribution in [3.8, 4) is 11.5 Å². The second-order valence-electron chi connectivity index (χ2n) is 6.02. The molecule has 26 heavy (non-hydrogen) atoms. The molecule has 1 aromatic rings. The maximum absolute atomic E-state index is 12.1. The van der Waals surface area contributed by atoms with Crippen LogP contribution >= 0.6 is 11.6 Å². The topological polar surface area (TPSA) is 84.9 Å². The fourth-order valence-electron chi connectivity index (χ4n) is 2.79. The van der Waals surface area contributed by atoms with Crippen LogP contribution < -0.4 is 14.8 Å². The number of nitrogens with one attached hydrogen (secondary N) is 1. The molecule has 1 aliphatic heterocycles. The lowest BCUT2D eigenvalue weighted by Crippen LogP contribution is -2.45. The van der Waals surface area contributed by atoms with Crippen LogP contribution in [0.1, 0.15) is 18.4 Å². The van der Waals surface area contributed by atoms with Gasteiger partial charge >= 0.3 is 0 Å². The summed E-state index contributed by atoms with van der Waals surface area (Å²) < 4.78 is 34.8. The van der Waals surface area contributed by atoms with Crippen molar-refractivity contribution in [3.05, 3.63) is 28.8 Å². The Morgan fingerprint density at radius 1 is 1.27 bits per heavy atom. The molecule has 0 spiro atoms. The number of amides is 1. The molecule has 0 unspecified atom stereocenters. The summed E-state index contributed by atoms with van der Waals surface area (Å²) in [6.07, 6.45) is 5.43. The Morgan fingerprint density at radius 2 is 1.92 bits per heavy atom. The van der Waals surface area contributed by atoms with Crippen LogP contribution in [0.25, 0.3) is 6.08 Å². The smallest absolute Gasteiger partial charge is 0.244 e. The van der Waals surface area contributed by atoms with Gasteiger partial charge in [0, 0.05) is 25.2 Å². The first-order chi connectivity index (χ1) is 12.2. The maximum Gasteiger partial charge on any atom is 0.244 e. The Kier molecular flexibility index (Phi) is 6.91. The first-order valence-electron chi connectivity index (χ1n) is 8.10. The van der Waals surface area contributed by atoms with E-state index < -0.39 is 10.0 Å². The molecule has 1 heterocycles. The summed E-state index contributed by atoms with van der Waals surface area (Å²) in [6, 6.07) is 3.36. The predicted molar refractivity (Wildman–Crippen MR) is 101 cm³/mol. The van der Waals surface area contributed by atoms with E-state index in [1.165, 1.54) is 30.9 Å². The molecule has 0 aliphatic carbocycles. The zero-order valence-electron chi connectivity index (χ0n) is 15.0. The quantitative estimate of drug-likeness (QED) is 0.735. The summed E-state index contributed by atoms with van der Waals surface area (Å²) in [4.78, 5) is 12.1. The van der Waals surface area contributed by atoms with E-state index in [2.05, 4.69) is 5.32 Å². The van der Waals surface area contributed by atoms with Crippen LogP contribution in [0.3, 0.4) is 0 Å². The van der Waals surface area contributed by atoms with Crippen LogP contribution in [0.4, 0.5) is 0 Å². The van der Waals surface area contributed by atoms with Gasteiger partial charge in [0.25, 0.3) is 0 Å². The molecule has 1 fully saturated rings. The molecule has 0 saturated carbocycles. The first kappa shape index (κ1) is 20.5. The van der Waals surface area contributed by atoms with Gasteiger partial charge in [-0.25, -0.2) is 12.7 Å². The molecule has 1 saturated heterocycles. The summed E-state index contributed by atoms with van der Waals surface area (Å²) in [6.45, 7) is 0.831. The molecule has 7 nitrogen and oxygen atoms in total. The average Bonchev–Trinajstić information content (AvgIpc) is 2.59. The Bertz CT molecular complexity index is 787. The normalized spacial score (nSPS) is 16.6. The van der Waals surface area contributed by atoms with Crippen LogP contribution in [0, 0.1) is 0 Å². The monoisotopic (exact) mass is 402 g/mol. The molecule has 1 aromatic carbocycles. The molecule has 0 radical (unpaired) electrons. The summed E-state index contributed by atoms with van der Waals surface area (Å²) in [5.41, 5.74) is 0.703. The van der Waals surface area contributed by atoms with E-state index in [1.54, 1.807) is 18.2 Å². The zero-order valence-corrected chi connectivity index (χ0v) is 16.6. The van der Waals surface area contributed by atoms with Gasteiger partial charge < -0.3 is 14.8 Å². The highest BCUT2D eigenvalue weighted by Gasteiger charge is 2.25. The Morgan fingerprint density at radius 3 is 2.46 bits per heavy atom. The van der Waals surface area contributed by atoms with Gasteiger partial charge in [-0.15, -0.1) is 0 Å². The average molecular weight is 403 g/mol. The van der Waals surface area contributed by atoms with E-state index in [-0.39, 0.29) is 11.9 Å². The molecule has 0 bridgehead atoms. The molecule has 2 rings (SSSR count). The van der Waals surface area contributed by atoms with Gasteiger partial charge in [-0.05, 0) is 36.6 Å². The molecule has 0 atom stereocenters. The Balaban J connectivity index is 1.95. The number of rotatable bonds is 6. The van der Waals surface area contributed by atoms with Crippen molar-refractivity contribution in [3.63, 3.8) is 0 Å². The number of carbonyl (C=O) groups is 1. The Hall–Kier alpha value is -1.77. The molecule has 0 aromatic heterocycles. The third kappa shape index (κ3) is 5.36. The lowest BCUT2D eigenvalue weighted by molar-refractivity contribution is -0.117. The number of nitrogens with zero attached hydrogens (tertiary/aromatic N) is 1. The molecule has 1 aliphatic rings. The van der Waals surface area contributed by atoms with Crippen molar-refractivity contribution in [1.29, 1.82) is 0 Å². The van der Waals surface area contributed by atoms with Crippen molar-refractivity contribution in [2.45, 2.75) is 18.9 Å². The van der Waals surface area contributed by atoms with E-state index in [0.29, 0.717) is 48.0 Å². The minimum atomic E-state index is -3.17. The third-order valence-corrected chi connectivity index (χ3v) is 5.74. The molecular formula is C17H23ClN2O5S. The molecule has 9 heteroatoms. The van der Waals surface area contributed by atoms with Gasteiger partial charge in [0.1, 0.15) is 0 Å². The summed E-state index contributed by atoms with van der Waals surface area (Å²) >= 11 is 6.14. The SMILES string of the molecule is COc1cc(/C=C/C(=O)NC2CCN(S(C)(=O)=O)CC2)cc(Cl)c1OC. The Labute approximate surface area is 159 Å². The van der Waals surface area contributed by atoms with Gasteiger partial charge in [0.05, 0.1) is 25.5 Å². The van der Waals surface area contributed by atoms with Crippen molar-refractivity contribution in [2.75, 3.05) is 33.6 Å². The maximum atomic E-state index is 12.1. The van der Waals surface area contributed by atoms with E-state index >= 15 is 0 Å². The summed E-state index contributed by atoms with van der Waals surface area (Å²) in [7, 11) is -0.156. The van der Waals surface area contributed by atoms with Crippen molar-refractivity contribution < 1.29 is 22.7 Å². The summed E-state index contributed by atoms with van der Waals surface area (Å²) in [5, 5.41) is 3.28. The number of sulfonamides is 1. The van der Waals surface area contributed by atoms with Gasteiger partial charge in [0.15, 0.2) is 11.5 Å². The van der Waals surface area contributed by atoms with Crippen molar-refractivity contribution in [1.82, 2.24) is 9.62 Å². The van der Waals surface area contributed by atoms with Gasteiger partial charge in [-0.3, -0.25) is 4.79 Å². The number of hydrogen-bond acceptors (Lipinski definition) is 5. The largest absolute Gasteiger partial charge is 0.493 e. The van der Waals surface area contributed by atoms with Gasteiger partial charge in [-0.1, -0.05) is 11.6 Å². The third-order valence-electron chi connectivity index (χ3n) is 4.15. The lowest BCUT2D eigenvalue weighted by atomic mass is 10.1. The molecular weight excluding hydrogens is 380 g/mol. The van der Waals surface area contributed by atoms with Gasteiger partial charge in [0.2, 0.25) is 15.9 Å². The molecule has 144 valence electrons. The highest BCUT2D eigenvalue weighted by Crippen LogP contribution is 2.36. The van der Waals surface area contributed by atoms with E-state index in [1.807, 2.05) is 0 Å². The minimum Gasteiger partial charge on any atom is -0.493 e. The van der Waals surface area contributed by atoms with E-state index in [9.17, 15) is 13.2 Å². The standard InChI is InChI=1S/C17H23ClN2O5S/c1-24-15-11-12(10-14(18)17(15)25-2)4-5-16(21)19-13-6-8-20(9-7-13)26(3,22)23/h4-5,10-11,13H,6-9H2,1-3H3,(H,19,21)/b5-4+.